The summed E-state index contributed by atoms with van der Waals surface area (Å²) in [6, 6.07) is 8.45. The van der Waals surface area contributed by atoms with Gasteiger partial charge in [0.2, 0.25) is 0 Å². The molecule has 8 nitrogen and oxygen atoms in total. The first-order valence-electron chi connectivity index (χ1n) is 7.63. The van der Waals surface area contributed by atoms with E-state index < -0.39 is 12.0 Å². The van der Waals surface area contributed by atoms with E-state index in [1.807, 2.05) is 0 Å². The molecule has 27 heavy (non-hydrogen) atoms. The first-order valence-corrected chi connectivity index (χ1v) is 8.00. The second-order valence-electron chi connectivity index (χ2n) is 5.42. The van der Waals surface area contributed by atoms with Crippen molar-refractivity contribution in [3.8, 4) is 17.2 Å². The number of anilines is 1. The number of ether oxygens (including phenoxy) is 2. The number of amides is 2. The molecule has 4 N–H and O–H groups in total. The fraction of sp³-hybridized carbons (Fsp3) is 0.0556. The van der Waals surface area contributed by atoms with Crippen molar-refractivity contribution in [3.63, 3.8) is 0 Å². The predicted octanol–water partition coefficient (Wildman–Crippen LogP) is 3.88. The number of primary amides is 1. The van der Waals surface area contributed by atoms with Crippen LogP contribution in [0.5, 0.6) is 17.2 Å². The molecule has 0 aliphatic heterocycles. The summed E-state index contributed by atoms with van der Waals surface area (Å²) >= 11 is 6.11. The van der Waals surface area contributed by atoms with Gasteiger partial charge in [-0.05, 0) is 24.3 Å². The highest BCUT2D eigenvalue weighted by molar-refractivity contribution is 6.33. The maximum atomic E-state index is 11.5. The van der Waals surface area contributed by atoms with Crippen LogP contribution in [0.25, 0.3) is 10.9 Å². The summed E-state index contributed by atoms with van der Waals surface area (Å²) in [4.78, 5) is 26.6. The van der Waals surface area contributed by atoms with Gasteiger partial charge in [0, 0.05) is 23.7 Å². The van der Waals surface area contributed by atoms with Gasteiger partial charge in [0.1, 0.15) is 22.8 Å². The number of hydrogen-bond donors (Lipinski definition) is 3. The van der Waals surface area contributed by atoms with E-state index in [4.69, 9.17) is 26.8 Å². The number of nitrogens with one attached hydrogen (secondary N) is 1. The zero-order chi connectivity index (χ0) is 19.6. The molecule has 0 unspecified atom stereocenters. The smallest absolute Gasteiger partial charge is 0.339 e. The highest BCUT2D eigenvalue weighted by Crippen LogP contribution is 2.35. The molecule has 0 aliphatic carbocycles. The maximum absolute atomic E-state index is 11.5. The summed E-state index contributed by atoms with van der Waals surface area (Å²) < 4.78 is 10.9. The topological polar surface area (TPSA) is 124 Å². The number of carboxylic acids is 1. The number of rotatable bonds is 5. The third-order valence-electron chi connectivity index (χ3n) is 3.68. The van der Waals surface area contributed by atoms with Crippen LogP contribution in [0.15, 0.2) is 42.6 Å². The minimum atomic E-state index is -1.13. The molecule has 0 saturated heterocycles. The number of nitrogens with two attached hydrogens (primary N) is 1. The van der Waals surface area contributed by atoms with Crippen molar-refractivity contribution in [1.82, 2.24) is 4.98 Å². The Morgan fingerprint density at radius 2 is 1.96 bits per heavy atom. The number of urea groups is 1. The van der Waals surface area contributed by atoms with Crippen LogP contribution in [-0.4, -0.2) is 29.2 Å². The van der Waals surface area contributed by atoms with E-state index in [9.17, 15) is 14.7 Å². The molecule has 0 spiro atoms. The van der Waals surface area contributed by atoms with Crippen LogP contribution in [0.1, 0.15) is 10.4 Å². The normalized spacial score (nSPS) is 10.4. The monoisotopic (exact) mass is 387 g/mol. The molecule has 0 saturated carbocycles. The maximum Gasteiger partial charge on any atom is 0.339 e. The largest absolute Gasteiger partial charge is 0.496 e. The van der Waals surface area contributed by atoms with Crippen LogP contribution in [0.3, 0.4) is 0 Å². The van der Waals surface area contributed by atoms with Crippen LogP contribution < -0.4 is 20.5 Å². The Hall–Kier alpha value is -3.52. The van der Waals surface area contributed by atoms with Crippen molar-refractivity contribution in [2.45, 2.75) is 0 Å². The van der Waals surface area contributed by atoms with E-state index in [-0.39, 0.29) is 16.3 Å². The lowest BCUT2D eigenvalue weighted by atomic mass is 10.1. The van der Waals surface area contributed by atoms with Crippen LogP contribution >= 0.6 is 11.6 Å². The van der Waals surface area contributed by atoms with Crippen molar-refractivity contribution in [3.05, 3.63) is 53.2 Å². The lowest BCUT2D eigenvalue weighted by molar-refractivity contribution is 0.0693. The number of carbonyl (C=O) groups excluding carboxylic acids is 1. The van der Waals surface area contributed by atoms with E-state index in [0.717, 1.165) is 0 Å². The third kappa shape index (κ3) is 3.85. The second-order valence-corrected chi connectivity index (χ2v) is 5.82. The lowest BCUT2D eigenvalue weighted by Gasteiger charge is -2.12. The van der Waals surface area contributed by atoms with E-state index >= 15 is 0 Å². The van der Waals surface area contributed by atoms with Crippen LogP contribution in [0, 0.1) is 0 Å². The first-order chi connectivity index (χ1) is 12.9. The van der Waals surface area contributed by atoms with E-state index in [2.05, 4.69) is 10.3 Å². The zero-order valence-corrected chi connectivity index (χ0v) is 14.8. The quantitative estimate of drug-likeness (QED) is 0.610. The minimum Gasteiger partial charge on any atom is -0.496 e. The fourth-order valence-electron chi connectivity index (χ4n) is 2.49. The summed E-state index contributed by atoms with van der Waals surface area (Å²) in [6.45, 7) is 0. The molecular weight excluding hydrogens is 374 g/mol. The van der Waals surface area contributed by atoms with Crippen molar-refractivity contribution < 1.29 is 24.2 Å². The number of benzene rings is 2. The number of methoxy groups -OCH3 is 1. The molecule has 3 aromatic rings. The van der Waals surface area contributed by atoms with Gasteiger partial charge in [-0.3, -0.25) is 4.98 Å². The Morgan fingerprint density at radius 3 is 2.59 bits per heavy atom. The van der Waals surface area contributed by atoms with Crippen LogP contribution in [0.4, 0.5) is 10.5 Å². The van der Waals surface area contributed by atoms with Crippen molar-refractivity contribution in [2.24, 2.45) is 5.73 Å². The highest BCUT2D eigenvalue weighted by Gasteiger charge is 2.16. The number of hydrogen-bond acceptors (Lipinski definition) is 5. The van der Waals surface area contributed by atoms with E-state index in [1.165, 1.54) is 37.6 Å². The molecule has 0 aliphatic rings. The summed E-state index contributed by atoms with van der Waals surface area (Å²) in [5, 5.41) is 12.5. The molecule has 0 bridgehead atoms. The molecule has 3 rings (SSSR count). The van der Waals surface area contributed by atoms with Gasteiger partial charge in [-0.1, -0.05) is 11.6 Å². The van der Waals surface area contributed by atoms with Gasteiger partial charge in [-0.15, -0.1) is 0 Å². The standard InChI is InChI=1S/C18H14ClN3O5/c1-26-16-8-14-10(7-11(16)17(23)24)15(4-5-21-14)27-9-2-3-13(12(19)6-9)22-18(20)25/h2-8H,1H3,(H,23,24)(H3,20,22,25). The molecular formula is C18H14ClN3O5. The number of nitrogens with zero attached hydrogens (tertiary/aromatic N) is 1. The number of pyridine rings is 1. The Labute approximate surface area is 158 Å². The predicted molar refractivity (Wildman–Crippen MR) is 100.0 cm³/mol. The van der Waals surface area contributed by atoms with E-state index in [1.54, 1.807) is 12.1 Å². The van der Waals surface area contributed by atoms with Gasteiger partial charge < -0.3 is 25.6 Å². The van der Waals surface area contributed by atoms with Crippen molar-refractivity contribution >= 4 is 40.2 Å². The number of aromatic carboxylic acids is 1. The summed E-state index contributed by atoms with van der Waals surface area (Å²) in [5.41, 5.74) is 5.91. The number of fused-ring (bicyclic) bond motifs is 1. The highest BCUT2D eigenvalue weighted by atomic mass is 35.5. The fourth-order valence-corrected chi connectivity index (χ4v) is 2.71. The molecule has 9 heteroatoms. The Balaban J connectivity index is 2.02. The molecule has 1 aromatic heterocycles. The van der Waals surface area contributed by atoms with Gasteiger partial charge >= 0.3 is 12.0 Å². The molecule has 1 heterocycles. The minimum absolute atomic E-state index is 0.0121. The summed E-state index contributed by atoms with van der Waals surface area (Å²) in [5.74, 6) is -0.162. The van der Waals surface area contributed by atoms with Gasteiger partial charge in [-0.25, -0.2) is 9.59 Å². The second kappa shape index (κ2) is 7.38. The van der Waals surface area contributed by atoms with Crippen LogP contribution in [0.2, 0.25) is 5.02 Å². The SMILES string of the molecule is COc1cc2nccc(Oc3ccc(NC(N)=O)c(Cl)c3)c2cc1C(=O)O. The average molecular weight is 388 g/mol. The number of carboxylic acid groups (broad SMARTS) is 1. The van der Waals surface area contributed by atoms with Crippen molar-refractivity contribution in [2.75, 3.05) is 12.4 Å². The van der Waals surface area contributed by atoms with E-state index in [0.29, 0.717) is 28.1 Å². The van der Waals surface area contributed by atoms with Crippen molar-refractivity contribution in [1.29, 1.82) is 0 Å². The molecule has 0 atom stereocenters. The number of halogens is 1. The lowest BCUT2D eigenvalue weighted by Crippen LogP contribution is -2.19. The number of carbonyl (C=O) groups is 2. The Bertz CT molecular complexity index is 1050. The molecule has 0 radical (unpaired) electrons. The number of aromatic nitrogens is 1. The molecule has 138 valence electrons. The summed E-state index contributed by atoms with van der Waals surface area (Å²) in [7, 11) is 1.39. The third-order valence-corrected chi connectivity index (χ3v) is 3.99. The first kappa shape index (κ1) is 18.3. The van der Waals surface area contributed by atoms with Gasteiger partial charge in [-0.2, -0.15) is 0 Å². The molecule has 2 aromatic carbocycles. The average Bonchev–Trinajstić information content (AvgIpc) is 2.62. The Kier molecular flexibility index (Phi) is 5.00. The summed E-state index contributed by atoms with van der Waals surface area (Å²) in [6.07, 6.45) is 1.53. The Morgan fingerprint density at radius 1 is 1.19 bits per heavy atom. The van der Waals surface area contributed by atoms with Crippen LogP contribution in [-0.2, 0) is 0 Å². The van der Waals surface area contributed by atoms with Gasteiger partial charge in [0.25, 0.3) is 0 Å². The molecule has 2 amide bonds. The molecule has 0 fully saturated rings. The zero-order valence-electron chi connectivity index (χ0n) is 14.0. The van der Waals surface area contributed by atoms with Gasteiger partial charge in [0.05, 0.1) is 23.3 Å². The van der Waals surface area contributed by atoms with Gasteiger partial charge in [0.15, 0.2) is 0 Å².